The first-order chi connectivity index (χ1) is 9.97. The summed E-state index contributed by atoms with van der Waals surface area (Å²) in [4.78, 5) is 12.2. The van der Waals surface area contributed by atoms with Gasteiger partial charge in [0.2, 0.25) is 0 Å². The van der Waals surface area contributed by atoms with Crippen LogP contribution < -0.4 is 0 Å². The van der Waals surface area contributed by atoms with Crippen molar-refractivity contribution in [1.29, 1.82) is 0 Å². The summed E-state index contributed by atoms with van der Waals surface area (Å²) in [6, 6.07) is 10.9. The first kappa shape index (κ1) is 14.8. The van der Waals surface area contributed by atoms with Crippen molar-refractivity contribution in [1.82, 2.24) is 0 Å². The molecule has 112 valence electrons. The minimum Gasteiger partial charge on any atom is -0.299 e. The van der Waals surface area contributed by atoms with Gasteiger partial charge in [0.15, 0.2) is 0 Å². The smallest absolute Gasteiger partial charge is 0.136 e. The van der Waals surface area contributed by atoms with Crippen LogP contribution in [0.25, 0.3) is 5.20 Å². The third kappa shape index (κ3) is 2.91. The maximum absolute atomic E-state index is 12.2. The fourth-order valence-corrected chi connectivity index (χ4v) is 6.65. The number of Topliss-reactive ketones (excluding diaryl/α,β-unsaturated/α-hetero) is 1. The fraction of sp³-hybridized carbons (Fsp3) is 0.526. The topological polar surface area (TPSA) is 17.1 Å². The minimum atomic E-state index is -1.41. The zero-order chi connectivity index (χ0) is 15.0. The molecule has 0 heterocycles. The van der Waals surface area contributed by atoms with Crippen molar-refractivity contribution in [3.05, 3.63) is 41.5 Å². The predicted molar refractivity (Wildman–Crippen MR) is 91.8 cm³/mol. The molecule has 0 radical (unpaired) electrons. The Bertz CT molecular complexity index is 565. The lowest BCUT2D eigenvalue weighted by Crippen LogP contribution is -2.24. The monoisotopic (exact) mass is 298 g/mol. The number of rotatable bonds is 2. The SMILES string of the molecule is C[Si](C)(C)/C(=C1\CC2CCCC(=O)C2C1)c1ccccc1. The van der Waals surface area contributed by atoms with Gasteiger partial charge in [0.25, 0.3) is 0 Å². The number of carbonyl (C=O) groups excluding carboxylic acids is 1. The number of allylic oxidation sites excluding steroid dienone is 1. The van der Waals surface area contributed by atoms with Gasteiger partial charge in [0.1, 0.15) is 5.78 Å². The Kier molecular flexibility index (Phi) is 3.91. The minimum absolute atomic E-state index is 0.337. The predicted octanol–water partition coefficient (Wildman–Crippen LogP) is 5.10. The number of fused-ring (bicyclic) bond motifs is 1. The van der Waals surface area contributed by atoms with E-state index in [4.69, 9.17) is 0 Å². The van der Waals surface area contributed by atoms with Gasteiger partial charge in [-0.25, -0.2) is 0 Å². The Morgan fingerprint density at radius 3 is 2.43 bits per heavy atom. The molecule has 0 N–H and O–H groups in total. The first-order valence-electron chi connectivity index (χ1n) is 8.27. The van der Waals surface area contributed by atoms with Crippen LogP contribution in [0, 0.1) is 11.8 Å². The molecule has 2 unspecified atom stereocenters. The van der Waals surface area contributed by atoms with Gasteiger partial charge in [-0.05, 0) is 37.2 Å². The summed E-state index contributed by atoms with van der Waals surface area (Å²) in [6.07, 6.45) is 5.40. The lowest BCUT2D eigenvalue weighted by Gasteiger charge is -2.24. The van der Waals surface area contributed by atoms with Gasteiger partial charge in [-0.3, -0.25) is 4.79 Å². The third-order valence-corrected chi connectivity index (χ3v) is 7.26. The van der Waals surface area contributed by atoms with E-state index in [1.54, 1.807) is 10.8 Å². The van der Waals surface area contributed by atoms with E-state index >= 15 is 0 Å². The van der Waals surface area contributed by atoms with Gasteiger partial charge in [-0.2, -0.15) is 0 Å². The van der Waals surface area contributed by atoms with Crippen molar-refractivity contribution in [2.75, 3.05) is 0 Å². The van der Waals surface area contributed by atoms with Crippen LogP contribution >= 0.6 is 0 Å². The maximum Gasteiger partial charge on any atom is 0.136 e. The molecule has 2 heteroatoms. The molecule has 0 amide bonds. The molecule has 2 aliphatic rings. The van der Waals surface area contributed by atoms with Crippen molar-refractivity contribution < 1.29 is 4.79 Å². The molecule has 2 saturated carbocycles. The second-order valence-corrected chi connectivity index (χ2v) is 12.7. The quantitative estimate of drug-likeness (QED) is 0.694. The third-order valence-electron chi connectivity index (χ3n) is 5.12. The number of ketones is 1. The summed E-state index contributed by atoms with van der Waals surface area (Å²) in [5.74, 6) is 1.50. The van der Waals surface area contributed by atoms with E-state index in [0.29, 0.717) is 17.6 Å². The molecule has 0 spiro atoms. The van der Waals surface area contributed by atoms with Gasteiger partial charge >= 0.3 is 0 Å². The number of benzene rings is 1. The van der Waals surface area contributed by atoms with Crippen LogP contribution in [0.4, 0.5) is 0 Å². The maximum atomic E-state index is 12.2. The lowest BCUT2D eigenvalue weighted by atomic mass is 9.81. The van der Waals surface area contributed by atoms with E-state index in [0.717, 1.165) is 19.3 Å². The summed E-state index contributed by atoms with van der Waals surface area (Å²) in [5.41, 5.74) is 3.00. The van der Waals surface area contributed by atoms with Crippen molar-refractivity contribution in [3.8, 4) is 0 Å². The molecule has 1 nitrogen and oxygen atoms in total. The van der Waals surface area contributed by atoms with E-state index in [1.165, 1.54) is 18.4 Å². The van der Waals surface area contributed by atoms with E-state index in [9.17, 15) is 4.79 Å². The van der Waals surface area contributed by atoms with Crippen LogP contribution in [0.3, 0.4) is 0 Å². The molecular weight excluding hydrogens is 272 g/mol. The molecule has 3 rings (SSSR count). The molecule has 21 heavy (non-hydrogen) atoms. The van der Waals surface area contributed by atoms with Crippen molar-refractivity contribution >= 4 is 19.1 Å². The standard InChI is InChI=1S/C19H26OSi/c1-21(2,3)19(14-8-5-4-6-9-14)16-12-15-10-7-11-18(20)17(15)13-16/h4-6,8-9,15,17H,7,10-13H2,1-3H3/b19-16+. The van der Waals surface area contributed by atoms with Crippen molar-refractivity contribution in [2.45, 2.75) is 51.7 Å². The van der Waals surface area contributed by atoms with Crippen LogP contribution in [-0.4, -0.2) is 13.9 Å². The molecule has 1 aromatic rings. The first-order valence-corrected chi connectivity index (χ1v) is 11.8. The number of hydrogen-bond acceptors (Lipinski definition) is 1. The Morgan fingerprint density at radius 1 is 1.10 bits per heavy atom. The Balaban J connectivity index is 2.02. The summed E-state index contributed by atoms with van der Waals surface area (Å²) in [5, 5.41) is 1.62. The lowest BCUT2D eigenvalue weighted by molar-refractivity contribution is -0.125. The van der Waals surface area contributed by atoms with E-state index in [2.05, 4.69) is 50.0 Å². The Hall–Kier alpha value is -1.15. The molecule has 1 aromatic carbocycles. The summed E-state index contributed by atoms with van der Waals surface area (Å²) in [7, 11) is -1.41. The number of carbonyl (C=O) groups is 1. The van der Waals surface area contributed by atoms with E-state index in [1.807, 2.05) is 0 Å². The molecule has 2 fully saturated rings. The van der Waals surface area contributed by atoms with E-state index < -0.39 is 8.07 Å². The highest BCUT2D eigenvalue weighted by atomic mass is 28.3. The van der Waals surface area contributed by atoms with Crippen LogP contribution in [0.1, 0.15) is 37.7 Å². The summed E-state index contributed by atoms with van der Waals surface area (Å²) >= 11 is 0. The highest BCUT2D eigenvalue weighted by molar-refractivity contribution is 6.93. The molecule has 0 bridgehead atoms. The van der Waals surface area contributed by atoms with Gasteiger partial charge < -0.3 is 0 Å². The largest absolute Gasteiger partial charge is 0.299 e. The van der Waals surface area contributed by atoms with Gasteiger partial charge in [0.05, 0.1) is 8.07 Å². The van der Waals surface area contributed by atoms with Gasteiger partial charge in [-0.15, -0.1) is 0 Å². The van der Waals surface area contributed by atoms with Gasteiger partial charge in [0, 0.05) is 12.3 Å². The van der Waals surface area contributed by atoms with E-state index in [-0.39, 0.29) is 0 Å². The normalized spacial score (nSPS) is 28.4. The van der Waals surface area contributed by atoms with Crippen LogP contribution in [-0.2, 0) is 4.79 Å². The zero-order valence-electron chi connectivity index (χ0n) is 13.5. The van der Waals surface area contributed by atoms with Crippen molar-refractivity contribution in [2.24, 2.45) is 11.8 Å². The fourth-order valence-electron chi connectivity index (χ4n) is 4.35. The Labute approximate surface area is 129 Å². The average molecular weight is 299 g/mol. The van der Waals surface area contributed by atoms with Crippen molar-refractivity contribution in [3.63, 3.8) is 0 Å². The van der Waals surface area contributed by atoms with Gasteiger partial charge in [-0.1, -0.05) is 60.7 Å². The number of hydrogen-bond donors (Lipinski definition) is 0. The van der Waals surface area contributed by atoms with Crippen LogP contribution in [0.5, 0.6) is 0 Å². The summed E-state index contributed by atoms with van der Waals surface area (Å²) < 4.78 is 0. The zero-order valence-corrected chi connectivity index (χ0v) is 14.5. The van der Waals surface area contributed by atoms with Crippen LogP contribution in [0.2, 0.25) is 19.6 Å². The molecule has 0 aliphatic heterocycles. The Morgan fingerprint density at radius 2 is 1.81 bits per heavy atom. The molecule has 0 saturated heterocycles. The molecule has 2 atom stereocenters. The average Bonchev–Trinajstić information content (AvgIpc) is 2.83. The summed E-state index contributed by atoms with van der Waals surface area (Å²) in [6.45, 7) is 7.31. The second-order valence-electron chi connectivity index (χ2n) is 7.73. The molecule has 2 aliphatic carbocycles. The highest BCUT2D eigenvalue weighted by Gasteiger charge is 2.40. The highest BCUT2D eigenvalue weighted by Crippen LogP contribution is 2.47. The molecular formula is C19H26OSi. The van der Waals surface area contributed by atoms with Crippen LogP contribution in [0.15, 0.2) is 35.9 Å². The molecule has 0 aromatic heterocycles. The second kappa shape index (κ2) is 5.56.